The van der Waals surface area contributed by atoms with Gasteiger partial charge in [0.15, 0.2) is 11.6 Å². The average molecular weight is 459 g/mol. The summed E-state index contributed by atoms with van der Waals surface area (Å²) in [6.45, 7) is 1.51. The predicted octanol–water partition coefficient (Wildman–Crippen LogP) is 4.37. The number of aromatic amines is 1. The Hall–Kier alpha value is -3.66. The Labute approximate surface area is 182 Å². The van der Waals surface area contributed by atoms with Crippen LogP contribution in [0.2, 0.25) is 0 Å². The van der Waals surface area contributed by atoms with Crippen molar-refractivity contribution in [1.82, 2.24) is 9.55 Å². The molecule has 2 aromatic heterocycles. The van der Waals surface area contributed by atoms with E-state index in [0.29, 0.717) is 28.1 Å². The number of pyridine rings is 1. The number of anilines is 1. The first-order valence-electron chi connectivity index (χ1n) is 9.63. The van der Waals surface area contributed by atoms with Gasteiger partial charge in [-0.3, -0.25) is 9.52 Å². The van der Waals surface area contributed by atoms with Crippen LogP contribution in [0.25, 0.3) is 22.0 Å². The summed E-state index contributed by atoms with van der Waals surface area (Å²) in [5.41, 5.74) is 1.37. The van der Waals surface area contributed by atoms with E-state index in [0.717, 1.165) is 12.1 Å². The van der Waals surface area contributed by atoms with Crippen LogP contribution in [0.3, 0.4) is 0 Å². The summed E-state index contributed by atoms with van der Waals surface area (Å²) in [5.74, 6) is -1.76. The molecule has 2 N–H and O–H groups in total. The molecule has 0 saturated heterocycles. The molecule has 0 atom stereocenters. The van der Waals surface area contributed by atoms with Gasteiger partial charge in [0.25, 0.3) is 5.56 Å². The van der Waals surface area contributed by atoms with Crippen LogP contribution >= 0.6 is 0 Å². The lowest BCUT2D eigenvalue weighted by Gasteiger charge is -2.14. The lowest BCUT2D eigenvalue weighted by molar-refractivity contribution is 0.439. The number of ether oxygens (including phenoxy) is 1. The van der Waals surface area contributed by atoms with Crippen molar-refractivity contribution in [2.24, 2.45) is 7.05 Å². The number of nitrogens with one attached hydrogen (secondary N) is 2. The van der Waals surface area contributed by atoms with Crippen LogP contribution in [-0.2, 0) is 17.1 Å². The largest absolute Gasteiger partial charge is 0.454 e. The number of hydrogen-bond acceptors (Lipinski definition) is 4. The maximum atomic E-state index is 14.2. The third kappa shape index (κ3) is 4.09. The molecule has 166 valence electrons. The molecule has 0 amide bonds. The fourth-order valence-corrected chi connectivity index (χ4v) is 4.03. The smallest absolute Gasteiger partial charge is 0.272 e. The fraction of sp³-hybridized carbons (Fsp3) is 0.136. The van der Waals surface area contributed by atoms with Crippen LogP contribution in [0, 0.1) is 11.6 Å². The number of halogens is 2. The molecule has 32 heavy (non-hydrogen) atoms. The van der Waals surface area contributed by atoms with Crippen molar-refractivity contribution in [3.05, 3.63) is 76.8 Å². The zero-order valence-corrected chi connectivity index (χ0v) is 18.0. The van der Waals surface area contributed by atoms with E-state index in [2.05, 4.69) is 9.71 Å². The second-order valence-electron chi connectivity index (χ2n) is 7.12. The molecule has 2 aromatic carbocycles. The number of nitrogens with zero attached hydrogens (tertiary/aromatic N) is 1. The first-order valence-corrected chi connectivity index (χ1v) is 11.3. The standard InChI is InChI=1S/C22H19F2N3O4S/c1-3-32(29,30)26-14-5-7-19(31-20-6-4-13(23)10-18(20)24)16(11-14)17-12-27(2)21-15(17)8-9-25-22(21)28/h4-12,26H,3H2,1-2H3,(H,25,28). The zero-order chi connectivity index (χ0) is 23.0. The number of aromatic nitrogens is 2. The third-order valence-corrected chi connectivity index (χ3v) is 6.24. The van der Waals surface area contributed by atoms with Gasteiger partial charge in [0.2, 0.25) is 10.0 Å². The number of sulfonamides is 1. The molecule has 0 fully saturated rings. The molecular formula is C22H19F2N3O4S. The Morgan fingerprint density at radius 3 is 2.53 bits per heavy atom. The lowest BCUT2D eigenvalue weighted by Crippen LogP contribution is -2.14. The van der Waals surface area contributed by atoms with Crippen molar-refractivity contribution in [3.8, 4) is 22.6 Å². The summed E-state index contributed by atoms with van der Waals surface area (Å²) in [7, 11) is -1.85. The van der Waals surface area contributed by atoms with Gasteiger partial charge in [-0.2, -0.15) is 0 Å². The maximum Gasteiger partial charge on any atom is 0.272 e. The normalized spacial score (nSPS) is 11.6. The van der Waals surface area contributed by atoms with E-state index in [1.165, 1.54) is 25.3 Å². The van der Waals surface area contributed by atoms with E-state index in [-0.39, 0.29) is 28.5 Å². The Morgan fingerprint density at radius 1 is 1.06 bits per heavy atom. The number of aryl methyl sites for hydroxylation is 1. The highest BCUT2D eigenvalue weighted by molar-refractivity contribution is 7.92. The van der Waals surface area contributed by atoms with Gasteiger partial charge in [0.1, 0.15) is 17.1 Å². The van der Waals surface area contributed by atoms with Gasteiger partial charge in [0, 0.05) is 47.7 Å². The van der Waals surface area contributed by atoms with Gasteiger partial charge < -0.3 is 14.3 Å². The summed E-state index contributed by atoms with van der Waals surface area (Å²) < 4.78 is 61.5. The van der Waals surface area contributed by atoms with Gasteiger partial charge in [0.05, 0.1) is 5.75 Å². The molecule has 2 heterocycles. The van der Waals surface area contributed by atoms with E-state index in [1.54, 1.807) is 29.9 Å². The van der Waals surface area contributed by atoms with E-state index < -0.39 is 21.7 Å². The molecule has 0 aliphatic heterocycles. The second-order valence-corrected chi connectivity index (χ2v) is 9.13. The third-order valence-electron chi connectivity index (χ3n) is 4.94. The van der Waals surface area contributed by atoms with Gasteiger partial charge in [-0.15, -0.1) is 0 Å². The van der Waals surface area contributed by atoms with Crippen molar-refractivity contribution in [1.29, 1.82) is 0 Å². The second kappa shape index (κ2) is 8.12. The summed E-state index contributed by atoms with van der Waals surface area (Å²) in [5, 5.41) is 0.594. The van der Waals surface area contributed by atoms with Crippen LogP contribution in [0.4, 0.5) is 14.5 Å². The molecule has 10 heteroatoms. The van der Waals surface area contributed by atoms with Gasteiger partial charge in [-0.25, -0.2) is 17.2 Å². The monoisotopic (exact) mass is 459 g/mol. The van der Waals surface area contributed by atoms with Crippen molar-refractivity contribution >= 4 is 26.6 Å². The average Bonchev–Trinajstić information content (AvgIpc) is 3.08. The zero-order valence-electron chi connectivity index (χ0n) is 17.1. The molecular weight excluding hydrogens is 440 g/mol. The van der Waals surface area contributed by atoms with E-state index >= 15 is 0 Å². The minimum Gasteiger partial charge on any atom is -0.454 e. The van der Waals surface area contributed by atoms with Gasteiger partial charge >= 0.3 is 0 Å². The lowest BCUT2D eigenvalue weighted by atomic mass is 10.0. The molecule has 0 saturated carbocycles. The minimum atomic E-state index is -3.55. The van der Waals surface area contributed by atoms with E-state index in [9.17, 15) is 22.0 Å². The highest BCUT2D eigenvalue weighted by Crippen LogP contribution is 2.39. The van der Waals surface area contributed by atoms with Crippen LogP contribution in [0.1, 0.15) is 6.92 Å². The molecule has 7 nitrogen and oxygen atoms in total. The minimum absolute atomic E-state index is 0.120. The number of rotatable bonds is 6. The molecule has 0 aliphatic rings. The summed E-state index contributed by atoms with van der Waals surface area (Å²) in [4.78, 5) is 14.9. The van der Waals surface area contributed by atoms with Crippen molar-refractivity contribution in [3.63, 3.8) is 0 Å². The van der Waals surface area contributed by atoms with Crippen molar-refractivity contribution < 1.29 is 21.9 Å². The summed E-state index contributed by atoms with van der Waals surface area (Å²) in [6, 6.07) is 9.14. The SMILES string of the molecule is CCS(=O)(=O)Nc1ccc(Oc2ccc(F)cc2F)c(-c2cn(C)c3c(=O)[nH]ccc23)c1. The number of hydrogen-bond donors (Lipinski definition) is 2. The molecule has 0 spiro atoms. The summed E-state index contributed by atoms with van der Waals surface area (Å²) in [6.07, 6.45) is 3.19. The molecule has 4 aromatic rings. The molecule has 0 unspecified atom stereocenters. The Kier molecular flexibility index (Phi) is 5.47. The highest BCUT2D eigenvalue weighted by atomic mass is 32.2. The van der Waals surface area contributed by atoms with Crippen LogP contribution < -0.4 is 15.0 Å². The fourth-order valence-electron chi connectivity index (χ4n) is 3.40. The maximum absolute atomic E-state index is 14.2. The Balaban J connectivity index is 1.91. The topological polar surface area (TPSA) is 93.2 Å². The Morgan fingerprint density at radius 2 is 1.81 bits per heavy atom. The number of benzene rings is 2. The van der Waals surface area contributed by atoms with Crippen molar-refractivity contribution in [2.75, 3.05) is 10.5 Å². The highest BCUT2D eigenvalue weighted by Gasteiger charge is 2.18. The number of H-pyrrole nitrogens is 1. The van der Waals surface area contributed by atoms with E-state index in [4.69, 9.17) is 4.74 Å². The van der Waals surface area contributed by atoms with Crippen LogP contribution in [0.5, 0.6) is 11.5 Å². The predicted molar refractivity (Wildman–Crippen MR) is 118 cm³/mol. The first kappa shape index (κ1) is 21.6. The van der Waals surface area contributed by atoms with Gasteiger partial charge in [-0.05, 0) is 43.3 Å². The molecule has 0 bridgehead atoms. The molecule has 4 rings (SSSR count). The van der Waals surface area contributed by atoms with E-state index in [1.807, 2.05) is 0 Å². The first-order chi connectivity index (χ1) is 15.2. The molecule has 0 aliphatic carbocycles. The van der Waals surface area contributed by atoms with Crippen LogP contribution in [-0.4, -0.2) is 23.7 Å². The Bertz CT molecular complexity index is 1490. The molecule has 0 radical (unpaired) electrons. The quantitative estimate of drug-likeness (QED) is 0.448. The number of fused-ring (bicyclic) bond motifs is 1. The summed E-state index contributed by atoms with van der Waals surface area (Å²) >= 11 is 0. The van der Waals surface area contributed by atoms with Crippen LogP contribution in [0.15, 0.2) is 59.7 Å². The van der Waals surface area contributed by atoms with Gasteiger partial charge in [-0.1, -0.05) is 0 Å². The van der Waals surface area contributed by atoms with Crippen molar-refractivity contribution in [2.45, 2.75) is 6.92 Å².